The Kier molecular flexibility index (Phi) is 8.44. The Morgan fingerprint density at radius 3 is 2.68 bits per heavy atom. The van der Waals surface area contributed by atoms with E-state index in [1.54, 1.807) is 13.3 Å². The maximum absolute atomic E-state index is 10.9. The van der Waals surface area contributed by atoms with Crippen LogP contribution >= 0.6 is 0 Å². The average Bonchev–Trinajstić information content (AvgIpc) is 3.44. The second kappa shape index (κ2) is 12.5. The molecule has 2 aromatic heterocycles. The van der Waals surface area contributed by atoms with Crippen molar-refractivity contribution in [3.05, 3.63) is 66.4 Å². The van der Waals surface area contributed by atoms with Crippen molar-refractivity contribution in [3.63, 3.8) is 0 Å². The van der Waals surface area contributed by atoms with E-state index in [-0.39, 0.29) is 6.54 Å². The Hall–Kier alpha value is -3.55. The molecule has 0 amide bonds. The molecular formula is C29H34N7O4S-. The van der Waals surface area contributed by atoms with Crippen LogP contribution < -0.4 is 19.7 Å². The molecule has 1 atom stereocenters. The molecule has 0 bridgehead atoms. The largest absolute Gasteiger partial charge is 0.760 e. The Morgan fingerprint density at radius 1 is 1.07 bits per heavy atom. The third kappa shape index (κ3) is 6.36. The molecule has 4 aromatic rings. The number of fused-ring (bicyclic) bond motifs is 1. The number of ether oxygens (including phenoxy) is 2. The minimum Gasteiger partial charge on any atom is -0.760 e. The first kappa shape index (κ1) is 27.6. The van der Waals surface area contributed by atoms with E-state index in [2.05, 4.69) is 37.0 Å². The van der Waals surface area contributed by atoms with Gasteiger partial charge in [0.05, 0.1) is 43.4 Å². The van der Waals surface area contributed by atoms with Crippen LogP contribution in [-0.4, -0.2) is 80.8 Å². The number of morpholine rings is 1. The lowest BCUT2D eigenvalue weighted by molar-refractivity contribution is 0.0115. The fourth-order valence-electron chi connectivity index (χ4n) is 5.69. The number of rotatable bonds is 9. The van der Waals surface area contributed by atoms with Crippen molar-refractivity contribution >= 4 is 34.1 Å². The quantitative estimate of drug-likeness (QED) is 0.289. The van der Waals surface area contributed by atoms with Gasteiger partial charge in [-0.15, -0.1) is 5.10 Å². The summed E-state index contributed by atoms with van der Waals surface area (Å²) in [7, 11) is 1.67. The van der Waals surface area contributed by atoms with Gasteiger partial charge >= 0.3 is 0 Å². The molecule has 2 aliphatic heterocycles. The monoisotopic (exact) mass is 576 g/mol. The van der Waals surface area contributed by atoms with E-state index in [4.69, 9.17) is 14.6 Å². The minimum atomic E-state index is -2.32. The van der Waals surface area contributed by atoms with E-state index >= 15 is 0 Å². The molecule has 2 saturated heterocycles. The van der Waals surface area contributed by atoms with Crippen LogP contribution in [0.15, 0.2) is 60.8 Å². The maximum atomic E-state index is 10.9. The fraction of sp³-hybridized carbons (Fsp3) is 0.379. The molecule has 0 saturated carbocycles. The Morgan fingerprint density at radius 2 is 1.90 bits per heavy atom. The van der Waals surface area contributed by atoms with Crippen LogP contribution in [0.1, 0.15) is 18.4 Å². The molecule has 1 unspecified atom stereocenters. The smallest absolute Gasteiger partial charge is 0.245 e. The highest BCUT2D eigenvalue weighted by Crippen LogP contribution is 2.33. The normalized spacial score (nSPS) is 17.6. The molecule has 2 aliphatic rings. The van der Waals surface area contributed by atoms with Gasteiger partial charge in [-0.25, -0.2) is 14.2 Å². The van der Waals surface area contributed by atoms with Crippen molar-refractivity contribution in [1.29, 1.82) is 0 Å². The fourth-order valence-corrected chi connectivity index (χ4v) is 5.98. The first-order valence-corrected chi connectivity index (χ1v) is 14.9. The van der Waals surface area contributed by atoms with Crippen molar-refractivity contribution in [1.82, 2.24) is 24.2 Å². The van der Waals surface area contributed by atoms with Crippen molar-refractivity contribution in [2.24, 2.45) is 0 Å². The third-order valence-corrected chi connectivity index (χ3v) is 8.22. The summed E-state index contributed by atoms with van der Waals surface area (Å²) in [6.07, 6.45) is 4.06. The molecule has 2 aromatic carbocycles. The van der Waals surface area contributed by atoms with E-state index in [9.17, 15) is 8.76 Å². The van der Waals surface area contributed by atoms with Crippen molar-refractivity contribution in [2.75, 3.05) is 56.7 Å². The van der Waals surface area contributed by atoms with E-state index in [1.807, 2.05) is 47.0 Å². The predicted molar refractivity (Wildman–Crippen MR) is 158 cm³/mol. The first-order chi connectivity index (χ1) is 20.1. The maximum Gasteiger partial charge on any atom is 0.245 e. The van der Waals surface area contributed by atoms with Crippen LogP contribution in [0, 0.1) is 0 Å². The van der Waals surface area contributed by atoms with Crippen LogP contribution in [-0.2, 0) is 22.5 Å². The molecule has 216 valence electrons. The SMILES string of the molecule is COc1cc(N2CCC(N3CCOCC3)CC2)ccc1Nc1ncc2ccc(-c3cccc(CNS(=O)[O-])c3)n2n1. The van der Waals surface area contributed by atoms with Gasteiger partial charge < -0.3 is 24.2 Å². The summed E-state index contributed by atoms with van der Waals surface area (Å²) >= 11 is -2.32. The van der Waals surface area contributed by atoms with Gasteiger partial charge in [0.25, 0.3) is 0 Å². The molecule has 0 spiro atoms. The van der Waals surface area contributed by atoms with Gasteiger partial charge in [-0.1, -0.05) is 18.2 Å². The van der Waals surface area contributed by atoms with Gasteiger partial charge in [0, 0.05) is 67.3 Å². The van der Waals surface area contributed by atoms with E-state index in [0.717, 1.165) is 91.7 Å². The molecule has 4 heterocycles. The molecule has 2 N–H and O–H groups in total. The van der Waals surface area contributed by atoms with Crippen molar-refractivity contribution in [3.8, 4) is 17.0 Å². The number of benzene rings is 2. The number of aromatic nitrogens is 3. The lowest BCUT2D eigenvalue weighted by atomic mass is 10.0. The summed E-state index contributed by atoms with van der Waals surface area (Å²) in [6.45, 7) is 6.00. The Bertz CT molecular complexity index is 1520. The second-order valence-corrected chi connectivity index (χ2v) is 11.0. The van der Waals surface area contributed by atoms with Crippen molar-refractivity contribution in [2.45, 2.75) is 25.4 Å². The molecule has 6 rings (SSSR count). The standard InChI is InChI=1S/C29H35N7O4S/c1-39-28-18-24(34-11-9-23(10-12-34)35-13-15-40-16-14-35)5-7-26(28)32-29-30-20-25-6-8-27(36(25)33-29)22-4-2-3-21(17-22)19-31-41(37)38/h2-8,17-18,20,23,31H,9-16,19H2,1H3,(H,32,33)(H,37,38)/p-1. The number of methoxy groups -OCH3 is 1. The highest BCUT2D eigenvalue weighted by molar-refractivity contribution is 7.77. The van der Waals surface area contributed by atoms with Crippen LogP contribution in [0.3, 0.4) is 0 Å². The number of nitrogens with zero attached hydrogens (tertiary/aromatic N) is 5. The van der Waals surface area contributed by atoms with Gasteiger partial charge in [0.2, 0.25) is 5.95 Å². The Balaban J connectivity index is 1.17. The van der Waals surface area contributed by atoms with Crippen molar-refractivity contribution < 1.29 is 18.2 Å². The highest BCUT2D eigenvalue weighted by atomic mass is 32.2. The summed E-state index contributed by atoms with van der Waals surface area (Å²) < 4.78 is 37.3. The number of nitrogens with one attached hydrogen (secondary N) is 2. The number of anilines is 3. The Labute approximate surface area is 241 Å². The second-order valence-electron chi connectivity index (χ2n) is 10.3. The topological polar surface area (TPSA) is 119 Å². The summed E-state index contributed by atoms with van der Waals surface area (Å²) in [4.78, 5) is 9.52. The molecular weight excluding hydrogens is 542 g/mol. The van der Waals surface area contributed by atoms with Crippen LogP contribution in [0.25, 0.3) is 16.8 Å². The summed E-state index contributed by atoms with van der Waals surface area (Å²) in [5, 5.41) is 8.08. The van der Waals surface area contributed by atoms with Gasteiger partial charge in [-0.3, -0.25) is 9.11 Å². The van der Waals surface area contributed by atoms with E-state index in [1.165, 1.54) is 0 Å². The first-order valence-electron chi connectivity index (χ1n) is 13.9. The number of hydrogen-bond acceptors (Lipinski definition) is 9. The third-order valence-electron chi connectivity index (χ3n) is 7.84. The highest BCUT2D eigenvalue weighted by Gasteiger charge is 2.26. The van der Waals surface area contributed by atoms with Gasteiger partial charge in [-0.05, 0) is 48.7 Å². The van der Waals surface area contributed by atoms with Gasteiger partial charge in [0.1, 0.15) is 5.75 Å². The zero-order valence-corrected chi connectivity index (χ0v) is 23.8. The van der Waals surface area contributed by atoms with E-state index < -0.39 is 11.3 Å². The number of hydrogen-bond donors (Lipinski definition) is 2. The van der Waals surface area contributed by atoms with Gasteiger partial charge in [0.15, 0.2) is 0 Å². The lowest BCUT2D eigenvalue weighted by Gasteiger charge is -2.40. The summed E-state index contributed by atoms with van der Waals surface area (Å²) in [5.41, 5.74) is 5.42. The lowest BCUT2D eigenvalue weighted by Crippen LogP contribution is -2.49. The predicted octanol–water partition coefficient (Wildman–Crippen LogP) is 3.33. The zero-order valence-electron chi connectivity index (χ0n) is 23.0. The summed E-state index contributed by atoms with van der Waals surface area (Å²) in [6, 6.07) is 18.5. The molecule has 41 heavy (non-hydrogen) atoms. The van der Waals surface area contributed by atoms with Crippen LogP contribution in [0.4, 0.5) is 17.3 Å². The van der Waals surface area contributed by atoms with Gasteiger partial charge in [-0.2, -0.15) is 0 Å². The molecule has 0 aliphatic carbocycles. The molecule has 0 radical (unpaired) electrons. The molecule has 2 fully saturated rings. The van der Waals surface area contributed by atoms with Crippen LogP contribution in [0.2, 0.25) is 0 Å². The van der Waals surface area contributed by atoms with E-state index in [0.29, 0.717) is 12.0 Å². The molecule has 11 nitrogen and oxygen atoms in total. The van der Waals surface area contributed by atoms with Crippen LogP contribution in [0.5, 0.6) is 5.75 Å². The molecule has 12 heteroatoms. The summed E-state index contributed by atoms with van der Waals surface area (Å²) in [5.74, 6) is 1.16. The zero-order chi connectivity index (χ0) is 28.2. The number of piperidine rings is 1. The minimum absolute atomic E-state index is 0.219. The average molecular weight is 577 g/mol.